The van der Waals surface area contributed by atoms with Crippen LogP contribution in [0.25, 0.3) is 0 Å². The molecule has 0 saturated carbocycles. The number of hydrogen-bond donors (Lipinski definition) is 1. The molecule has 0 radical (unpaired) electrons. The molecule has 1 fully saturated rings. The normalized spacial score (nSPS) is 16.7. The van der Waals surface area contributed by atoms with Crippen molar-refractivity contribution in [1.82, 2.24) is 0 Å². The molecule has 0 aliphatic carbocycles. The lowest BCUT2D eigenvalue weighted by Gasteiger charge is -2.29. The smallest absolute Gasteiger partial charge is 0.416 e. The summed E-state index contributed by atoms with van der Waals surface area (Å²) in [5.74, 6) is -3.15. The van der Waals surface area contributed by atoms with Gasteiger partial charge in [-0.2, -0.15) is 13.2 Å². The van der Waals surface area contributed by atoms with Gasteiger partial charge in [0.1, 0.15) is 5.75 Å². The summed E-state index contributed by atoms with van der Waals surface area (Å²) in [6.45, 7) is 6.73. The van der Waals surface area contributed by atoms with E-state index in [1.165, 1.54) is 19.9 Å². The highest BCUT2D eigenvalue weighted by Gasteiger charge is 2.39. The number of cyclic esters (lactones) is 2. The molecule has 27 heavy (non-hydrogen) atoms. The van der Waals surface area contributed by atoms with Gasteiger partial charge in [-0.25, -0.2) is 9.59 Å². The summed E-state index contributed by atoms with van der Waals surface area (Å²) in [6, 6.07) is 3.05. The van der Waals surface area contributed by atoms with Crippen LogP contribution in [0.3, 0.4) is 0 Å². The van der Waals surface area contributed by atoms with Gasteiger partial charge >= 0.3 is 18.1 Å². The molecule has 148 valence electrons. The fraction of sp³-hybridized carbons (Fsp3) is 0.444. The molecule has 1 aliphatic rings. The molecule has 1 heterocycles. The maximum atomic E-state index is 13.1. The van der Waals surface area contributed by atoms with E-state index < -0.39 is 35.0 Å². The van der Waals surface area contributed by atoms with Crippen molar-refractivity contribution in [2.75, 3.05) is 11.9 Å². The number of alkyl halides is 3. The quantitative estimate of drug-likeness (QED) is 0.470. The second-order valence-electron chi connectivity index (χ2n) is 6.83. The zero-order valence-corrected chi connectivity index (χ0v) is 15.3. The van der Waals surface area contributed by atoms with Gasteiger partial charge in [0, 0.05) is 31.8 Å². The Bertz CT molecular complexity index is 747. The maximum absolute atomic E-state index is 13.1. The topological polar surface area (TPSA) is 73.9 Å². The van der Waals surface area contributed by atoms with E-state index in [9.17, 15) is 22.8 Å². The Morgan fingerprint density at radius 3 is 2.26 bits per heavy atom. The lowest BCUT2D eigenvalue weighted by Crippen LogP contribution is -2.42. The number of carbonyl (C=O) groups excluding carboxylic acids is 2. The molecular formula is C18H20F3NO5. The minimum atomic E-state index is -4.59. The molecule has 0 amide bonds. The number of rotatable bonds is 5. The van der Waals surface area contributed by atoms with E-state index in [0.717, 1.165) is 18.3 Å². The third-order valence-electron chi connectivity index (χ3n) is 3.32. The van der Waals surface area contributed by atoms with E-state index in [2.05, 4.69) is 5.32 Å². The molecule has 1 N–H and O–H groups in total. The van der Waals surface area contributed by atoms with E-state index in [1.54, 1.807) is 0 Å². The number of hydrogen-bond acceptors (Lipinski definition) is 6. The van der Waals surface area contributed by atoms with Crippen LogP contribution in [0.1, 0.15) is 33.3 Å². The zero-order chi connectivity index (χ0) is 20.4. The third-order valence-corrected chi connectivity index (χ3v) is 3.32. The zero-order valence-electron chi connectivity index (χ0n) is 15.3. The van der Waals surface area contributed by atoms with Crippen molar-refractivity contribution in [2.24, 2.45) is 5.92 Å². The van der Waals surface area contributed by atoms with E-state index in [4.69, 9.17) is 14.2 Å². The average molecular weight is 387 g/mol. The first-order valence-corrected chi connectivity index (χ1v) is 8.16. The van der Waals surface area contributed by atoms with Crippen molar-refractivity contribution in [3.05, 3.63) is 35.5 Å². The van der Waals surface area contributed by atoms with Gasteiger partial charge in [-0.1, -0.05) is 13.8 Å². The Kier molecular flexibility index (Phi) is 5.72. The number of esters is 2. The minimum absolute atomic E-state index is 0.00866. The van der Waals surface area contributed by atoms with Gasteiger partial charge in [0.05, 0.1) is 12.2 Å². The predicted octanol–water partition coefficient (Wildman–Crippen LogP) is 3.87. The molecular weight excluding hydrogens is 367 g/mol. The number of nitrogens with one attached hydrogen (secondary N) is 1. The monoisotopic (exact) mass is 387 g/mol. The molecule has 0 spiro atoms. The van der Waals surface area contributed by atoms with Crippen LogP contribution in [0.4, 0.5) is 18.9 Å². The summed E-state index contributed by atoms with van der Waals surface area (Å²) in [6.07, 6.45) is -3.64. The van der Waals surface area contributed by atoms with E-state index in [-0.39, 0.29) is 24.0 Å². The summed E-state index contributed by atoms with van der Waals surface area (Å²) in [7, 11) is 0. The molecule has 1 aromatic carbocycles. The lowest BCUT2D eigenvalue weighted by atomic mass is 10.1. The summed E-state index contributed by atoms with van der Waals surface area (Å²) in [4.78, 5) is 23.8. The molecule has 2 rings (SSSR count). The fourth-order valence-electron chi connectivity index (χ4n) is 2.13. The predicted molar refractivity (Wildman–Crippen MR) is 89.7 cm³/mol. The van der Waals surface area contributed by atoms with Gasteiger partial charge in [-0.3, -0.25) is 0 Å². The Morgan fingerprint density at radius 2 is 1.74 bits per heavy atom. The van der Waals surface area contributed by atoms with E-state index in [1.807, 2.05) is 13.8 Å². The number of ether oxygens (including phenoxy) is 3. The molecule has 1 aliphatic heterocycles. The summed E-state index contributed by atoms with van der Waals surface area (Å²) < 4.78 is 54.5. The van der Waals surface area contributed by atoms with Crippen molar-refractivity contribution in [3.63, 3.8) is 0 Å². The Hall–Kier alpha value is -2.71. The van der Waals surface area contributed by atoms with Crippen LogP contribution < -0.4 is 10.1 Å². The molecule has 1 aromatic rings. The number of benzene rings is 1. The molecule has 9 heteroatoms. The largest absolute Gasteiger partial charge is 0.493 e. The van der Waals surface area contributed by atoms with Crippen LogP contribution in [0.5, 0.6) is 5.75 Å². The highest BCUT2D eigenvalue weighted by molar-refractivity contribution is 6.15. The van der Waals surface area contributed by atoms with Crippen molar-refractivity contribution >= 4 is 17.6 Å². The lowest BCUT2D eigenvalue weighted by molar-refractivity contribution is -0.222. The van der Waals surface area contributed by atoms with E-state index >= 15 is 0 Å². The maximum Gasteiger partial charge on any atom is 0.416 e. The van der Waals surface area contributed by atoms with Gasteiger partial charge in [-0.05, 0) is 18.1 Å². The molecule has 0 atom stereocenters. The van der Waals surface area contributed by atoms with Crippen LogP contribution in [-0.2, 0) is 25.2 Å². The highest BCUT2D eigenvalue weighted by Crippen LogP contribution is 2.34. The van der Waals surface area contributed by atoms with Gasteiger partial charge in [0.25, 0.3) is 5.79 Å². The summed E-state index contributed by atoms with van der Waals surface area (Å²) in [5, 5.41) is 2.50. The highest BCUT2D eigenvalue weighted by atomic mass is 19.4. The van der Waals surface area contributed by atoms with Crippen molar-refractivity contribution in [3.8, 4) is 5.75 Å². The van der Waals surface area contributed by atoms with Crippen molar-refractivity contribution in [2.45, 2.75) is 39.7 Å². The number of carbonyl (C=O) groups is 2. The van der Waals surface area contributed by atoms with Crippen LogP contribution in [0.15, 0.2) is 30.0 Å². The second-order valence-corrected chi connectivity index (χ2v) is 6.83. The van der Waals surface area contributed by atoms with Gasteiger partial charge in [-0.15, -0.1) is 0 Å². The molecule has 0 bridgehead atoms. The summed E-state index contributed by atoms with van der Waals surface area (Å²) >= 11 is 0. The molecule has 0 unspecified atom stereocenters. The molecule has 1 saturated heterocycles. The van der Waals surface area contributed by atoms with Crippen LogP contribution in [0, 0.1) is 5.92 Å². The Morgan fingerprint density at radius 1 is 1.15 bits per heavy atom. The number of anilines is 1. The standard InChI is InChI=1S/C18H20F3NO5/c1-10(2)9-25-13-6-11(18(19,20)21)5-12(7-13)22-8-14-15(23)26-17(3,4)27-16(14)24/h5-8,10,22H,9H2,1-4H3. The van der Waals surface area contributed by atoms with Gasteiger partial charge in [0.2, 0.25) is 0 Å². The first kappa shape index (κ1) is 20.6. The first-order chi connectivity index (χ1) is 12.4. The SMILES string of the molecule is CC(C)COc1cc(NC=C2C(=O)OC(C)(C)OC2=O)cc(C(F)(F)F)c1. The van der Waals surface area contributed by atoms with Crippen molar-refractivity contribution < 1.29 is 37.0 Å². The van der Waals surface area contributed by atoms with Crippen LogP contribution in [0.2, 0.25) is 0 Å². The van der Waals surface area contributed by atoms with Crippen molar-refractivity contribution in [1.29, 1.82) is 0 Å². The second kappa shape index (κ2) is 7.50. The van der Waals surface area contributed by atoms with E-state index in [0.29, 0.717) is 0 Å². The van der Waals surface area contributed by atoms with Crippen LogP contribution >= 0.6 is 0 Å². The average Bonchev–Trinajstić information content (AvgIpc) is 2.50. The molecule has 0 aromatic heterocycles. The Balaban J connectivity index is 2.28. The van der Waals surface area contributed by atoms with Crippen LogP contribution in [-0.4, -0.2) is 24.3 Å². The fourth-order valence-corrected chi connectivity index (χ4v) is 2.13. The molecule has 6 nitrogen and oxygen atoms in total. The van der Waals surface area contributed by atoms with Gasteiger partial charge < -0.3 is 19.5 Å². The minimum Gasteiger partial charge on any atom is -0.493 e. The Labute approximate surface area is 154 Å². The first-order valence-electron chi connectivity index (χ1n) is 8.16. The number of halogens is 3. The van der Waals surface area contributed by atoms with Gasteiger partial charge in [0.15, 0.2) is 5.57 Å². The summed E-state index contributed by atoms with van der Waals surface area (Å²) in [5.41, 5.74) is -1.41. The third kappa shape index (κ3) is 5.63.